The Labute approximate surface area is 138 Å². The van der Waals surface area contributed by atoms with Crippen LogP contribution >= 0.6 is 0 Å². The number of hydrogen-bond acceptors (Lipinski definition) is 3. The van der Waals surface area contributed by atoms with Crippen molar-refractivity contribution in [2.45, 2.75) is 88.6 Å². The summed E-state index contributed by atoms with van der Waals surface area (Å²) in [5.74, 6) is -1.45. The molecular weight excluding hydrogens is 303 g/mol. The third-order valence-corrected chi connectivity index (χ3v) is 5.10. The molecule has 0 atom stereocenters. The van der Waals surface area contributed by atoms with Gasteiger partial charge in [0.1, 0.15) is 0 Å². The Kier molecular flexibility index (Phi) is 20.8. The second-order valence-corrected chi connectivity index (χ2v) is 8.53. The molecule has 126 valence electrons. The first-order valence-electron chi connectivity index (χ1n) is 8.32. The minimum atomic E-state index is -4.22. The van der Waals surface area contributed by atoms with E-state index < -0.39 is 16.1 Å². The van der Waals surface area contributed by atoms with E-state index in [0.29, 0.717) is 0 Å². The van der Waals surface area contributed by atoms with Crippen LogP contribution in [-0.4, -0.2) is 34.1 Å². The van der Waals surface area contributed by atoms with Crippen LogP contribution in [0.15, 0.2) is 0 Å². The smallest absolute Gasteiger partial charge is 0.249 e. The molecule has 0 aliphatic rings. The summed E-state index contributed by atoms with van der Waals surface area (Å²) in [5, 5.41) is 12.2. The Hall–Kier alpha value is 0.402. The van der Waals surface area contributed by atoms with Gasteiger partial charge < -0.3 is 5.11 Å². The zero-order valence-electron chi connectivity index (χ0n) is 13.8. The maximum atomic E-state index is 9.24. The van der Waals surface area contributed by atoms with E-state index in [1.807, 2.05) is 0 Å². The second kappa shape index (κ2) is 18.5. The maximum Gasteiger partial charge on any atom is 0.249 e. The summed E-state index contributed by atoms with van der Waals surface area (Å²) in [7, 11) is -4.22. The summed E-state index contributed by atoms with van der Waals surface area (Å²) < 4.78 is 26.0. The molecule has 0 saturated carbocycles. The van der Waals surface area contributed by atoms with Gasteiger partial charge in [0.25, 0.3) is 0 Å². The van der Waals surface area contributed by atoms with Crippen molar-refractivity contribution in [3.63, 3.8) is 0 Å². The van der Waals surface area contributed by atoms with Crippen LogP contribution in [0.5, 0.6) is 0 Å². The van der Waals surface area contributed by atoms with Crippen molar-refractivity contribution in [2.24, 2.45) is 0 Å². The van der Waals surface area contributed by atoms with Crippen molar-refractivity contribution in [3.05, 3.63) is 0 Å². The SMILES string of the molecule is CCCCCC[CH2][Al+][CH2]CCCCCC.O=S(=O)(O)C[O-]. The van der Waals surface area contributed by atoms with Gasteiger partial charge in [-0.15, -0.1) is 0 Å². The van der Waals surface area contributed by atoms with Gasteiger partial charge in [-0.1, -0.05) is 0 Å². The van der Waals surface area contributed by atoms with E-state index in [2.05, 4.69) is 13.8 Å². The van der Waals surface area contributed by atoms with Crippen LogP contribution < -0.4 is 5.11 Å². The van der Waals surface area contributed by atoms with E-state index in [4.69, 9.17) is 9.66 Å². The van der Waals surface area contributed by atoms with E-state index in [9.17, 15) is 8.42 Å². The first kappa shape index (κ1) is 23.7. The molecule has 0 saturated heterocycles. The van der Waals surface area contributed by atoms with Crippen molar-refractivity contribution in [1.82, 2.24) is 0 Å². The molecule has 0 heterocycles. The molecule has 0 aliphatic carbocycles. The Morgan fingerprint density at radius 1 is 0.810 bits per heavy atom. The Balaban J connectivity index is 0. The van der Waals surface area contributed by atoms with Crippen LogP contribution in [-0.2, 0) is 10.1 Å². The predicted molar refractivity (Wildman–Crippen MR) is 89.3 cm³/mol. The van der Waals surface area contributed by atoms with E-state index in [-0.39, 0.29) is 0 Å². The summed E-state index contributed by atoms with van der Waals surface area (Å²) in [6.45, 7) is 4.59. The van der Waals surface area contributed by atoms with E-state index >= 15 is 0 Å². The largest absolute Gasteiger partial charge is 0.841 e. The number of unbranched alkanes of at least 4 members (excludes halogenated alkanes) is 8. The monoisotopic (exact) mass is 336 g/mol. The van der Waals surface area contributed by atoms with Gasteiger partial charge in [0.2, 0.25) is 10.1 Å². The van der Waals surface area contributed by atoms with E-state index in [1.54, 1.807) is 10.6 Å². The van der Waals surface area contributed by atoms with Gasteiger partial charge in [-0.2, -0.15) is 0 Å². The minimum absolute atomic E-state index is 0.799. The van der Waals surface area contributed by atoms with Gasteiger partial charge in [-0.25, -0.2) is 8.42 Å². The zero-order chi connectivity index (χ0) is 16.4. The molecular formula is C15H33AlO4S. The number of hydrogen-bond donors (Lipinski definition) is 1. The molecule has 0 fully saturated rings. The van der Waals surface area contributed by atoms with Gasteiger partial charge in [-0.05, 0) is 5.94 Å². The Bertz CT molecular complexity index is 269. The molecule has 0 unspecified atom stereocenters. The molecule has 21 heavy (non-hydrogen) atoms. The predicted octanol–water partition coefficient (Wildman–Crippen LogP) is 3.66. The zero-order valence-corrected chi connectivity index (χ0v) is 15.8. The fourth-order valence-electron chi connectivity index (χ4n) is 1.93. The fraction of sp³-hybridized carbons (Fsp3) is 1.00. The van der Waals surface area contributed by atoms with E-state index in [1.165, 1.54) is 64.2 Å². The van der Waals surface area contributed by atoms with Crippen LogP contribution in [0.25, 0.3) is 0 Å². The van der Waals surface area contributed by atoms with Crippen molar-refractivity contribution in [2.75, 3.05) is 5.94 Å². The second-order valence-electron chi connectivity index (χ2n) is 5.39. The first-order chi connectivity index (χ1) is 9.97. The topological polar surface area (TPSA) is 77.4 Å². The van der Waals surface area contributed by atoms with Crippen LogP contribution in [0.1, 0.15) is 78.1 Å². The first-order valence-corrected chi connectivity index (χ1v) is 11.6. The molecule has 4 nitrogen and oxygen atoms in total. The molecule has 0 aromatic carbocycles. The Morgan fingerprint density at radius 3 is 1.43 bits per heavy atom. The van der Waals surface area contributed by atoms with Crippen molar-refractivity contribution < 1.29 is 18.1 Å². The van der Waals surface area contributed by atoms with Gasteiger partial charge in [0.05, 0.1) is 0 Å². The minimum Gasteiger partial charge on any atom is -0.841 e. The van der Waals surface area contributed by atoms with Crippen LogP contribution in [0.3, 0.4) is 0 Å². The van der Waals surface area contributed by atoms with Crippen LogP contribution in [0, 0.1) is 0 Å². The summed E-state index contributed by atoms with van der Waals surface area (Å²) in [6.07, 6.45) is 14.6. The number of rotatable bonds is 13. The van der Waals surface area contributed by atoms with Gasteiger partial charge in [-0.3, -0.25) is 4.55 Å². The molecule has 0 aromatic rings. The molecule has 0 aromatic heterocycles. The molecule has 6 heteroatoms. The fourth-order valence-corrected chi connectivity index (χ4v) is 3.37. The third-order valence-electron chi connectivity index (χ3n) is 3.17. The Morgan fingerprint density at radius 2 is 1.14 bits per heavy atom. The van der Waals surface area contributed by atoms with Crippen molar-refractivity contribution >= 4 is 25.3 Å². The molecule has 1 N–H and O–H groups in total. The quantitative estimate of drug-likeness (QED) is 0.316. The molecule has 0 aliphatic heterocycles. The summed E-state index contributed by atoms with van der Waals surface area (Å²) in [6, 6.07) is 0. The average Bonchev–Trinajstić information content (AvgIpc) is 2.45. The maximum absolute atomic E-state index is 9.24. The summed E-state index contributed by atoms with van der Waals surface area (Å²) in [4.78, 5) is 0. The molecule has 0 bridgehead atoms. The summed E-state index contributed by atoms with van der Waals surface area (Å²) in [5.41, 5.74) is 0. The molecule has 0 radical (unpaired) electrons. The standard InChI is InChI=1S/2C7H15.CH3O4S.Al/c2*1-3-5-7-6-4-2;2-1-6(3,4)5;/h2*1,3-7H2,2H3;1H2,(H,3,4,5);/q;;-1;+1. The van der Waals surface area contributed by atoms with Crippen LogP contribution in [0.2, 0.25) is 10.6 Å². The normalized spacial score (nSPS) is 10.7. The van der Waals surface area contributed by atoms with Crippen molar-refractivity contribution in [1.29, 1.82) is 0 Å². The van der Waals surface area contributed by atoms with Crippen LogP contribution in [0.4, 0.5) is 0 Å². The molecule has 0 rings (SSSR count). The average molecular weight is 336 g/mol. The third kappa shape index (κ3) is 29.1. The van der Waals surface area contributed by atoms with Gasteiger partial charge >= 0.3 is 104 Å². The summed E-state index contributed by atoms with van der Waals surface area (Å²) >= 11 is 0.799. The van der Waals surface area contributed by atoms with E-state index in [0.717, 1.165) is 15.2 Å². The van der Waals surface area contributed by atoms with Crippen molar-refractivity contribution in [3.8, 4) is 0 Å². The molecule has 0 amide bonds. The molecule has 0 spiro atoms. The van der Waals surface area contributed by atoms with Gasteiger partial charge in [0.15, 0.2) is 0 Å². The van der Waals surface area contributed by atoms with Gasteiger partial charge in [0, 0.05) is 0 Å².